The van der Waals surface area contributed by atoms with Crippen LogP contribution in [-0.4, -0.2) is 38.0 Å². The lowest BCUT2D eigenvalue weighted by Gasteiger charge is -1.96. The Kier molecular flexibility index (Phi) is 3.16. The Morgan fingerprint density at radius 3 is 2.71 bits per heavy atom. The highest BCUT2D eigenvalue weighted by molar-refractivity contribution is 5.81. The second-order valence-electron chi connectivity index (χ2n) is 3.52. The first-order valence-corrected chi connectivity index (χ1v) is 4.91. The molecular formula is C10H14O4. The number of hydrogen-bond donors (Lipinski definition) is 0. The van der Waals surface area contributed by atoms with Gasteiger partial charge >= 0.3 is 5.97 Å². The number of hydrogen-bond acceptors (Lipinski definition) is 4. The van der Waals surface area contributed by atoms with Crippen LogP contribution in [0.5, 0.6) is 0 Å². The Morgan fingerprint density at radius 2 is 2.07 bits per heavy atom. The fourth-order valence-corrected chi connectivity index (χ4v) is 1.08. The maximum absolute atomic E-state index is 11.0. The van der Waals surface area contributed by atoms with Crippen molar-refractivity contribution in [3.8, 4) is 0 Å². The minimum atomic E-state index is -0.280. The van der Waals surface area contributed by atoms with Crippen molar-refractivity contribution in [2.24, 2.45) is 0 Å². The summed E-state index contributed by atoms with van der Waals surface area (Å²) in [5, 5.41) is 0. The minimum absolute atomic E-state index is 0.146. The highest BCUT2D eigenvalue weighted by Crippen LogP contribution is 2.15. The van der Waals surface area contributed by atoms with Crippen LogP contribution in [0, 0.1) is 0 Å². The molecule has 0 spiro atoms. The summed E-state index contributed by atoms with van der Waals surface area (Å²) in [4.78, 5) is 11.0. The van der Waals surface area contributed by atoms with E-state index in [4.69, 9.17) is 14.2 Å². The van der Waals surface area contributed by atoms with Gasteiger partial charge < -0.3 is 14.2 Å². The SMILES string of the molecule is O=C(C=CCCC1CO1)OCC1CO1. The second kappa shape index (κ2) is 4.57. The van der Waals surface area contributed by atoms with Gasteiger partial charge in [-0.25, -0.2) is 4.79 Å². The van der Waals surface area contributed by atoms with Gasteiger partial charge in [0.25, 0.3) is 0 Å². The van der Waals surface area contributed by atoms with Gasteiger partial charge in [-0.15, -0.1) is 0 Å². The average Bonchev–Trinajstić information content (AvgIpc) is 3.02. The molecule has 0 bridgehead atoms. The van der Waals surface area contributed by atoms with E-state index in [1.54, 1.807) is 0 Å². The summed E-state index contributed by atoms with van der Waals surface area (Å²) in [5.74, 6) is -0.280. The minimum Gasteiger partial charge on any atom is -0.460 e. The summed E-state index contributed by atoms with van der Waals surface area (Å²) in [6.45, 7) is 1.97. The van der Waals surface area contributed by atoms with Gasteiger partial charge in [-0.05, 0) is 12.8 Å². The third kappa shape index (κ3) is 3.89. The van der Waals surface area contributed by atoms with Gasteiger partial charge in [-0.2, -0.15) is 0 Å². The molecule has 0 aromatic carbocycles. The van der Waals surface area contributed by atoms with Crippen LogP contribution in [0.3, 0.4) is 0 Å². The molecule has 2 saturated heterocycles. The molecule has 2 unspecified atom stereocenters. The average molecular weight is 198 g/mol. The van der Waals surface area contributed by atoms with E-state index in [-0.39, 0.29) is 12.1 Å². The van der Waals surface area contributed by atoms with Crippen molar-refractivity contribution in [2.45, 2.75) is 25.0 Å². The first-order chi connectivity index (χ1) is 6.84. The molecule has 2 atom stereocenters. The molecule has 0 amide bonds. The van der Waals surface area contributed by atoms with E-state index < -0.39 is 0 Å². The Bertz CT molecular complexity index is 228. The topological polar surface area (TPSA) is 51.4 Å². The quantitative estimate of drug-likeness (QED) is 0.357. The van der Waals surface area contributed by atoms with Crippen molar-refractivity contribution in [1.29, 1.82) is 0 Å². The van der Waals surface area contributed by atoms with Crippen molar-refractivity contribution in [1.82, 2.24) is 0 Å². The summed E-state index contributed by atoms with van der Waals surface area (Å²) in [7, 11) is 0. The van der Waals surface area contributed by atoms with E-state index in [1.807, 2.05) is 6.08 Å². The number of carbonyl (C=O) groups excluding carboxylic acids is 1. The van der Waals surface area contributed by atoms with E-state index in [9.17, 15) is 4.79 Å². The second-order valence-corrected chi connectivity index (χ2v) is 3.52. The summed E-state index contributed by atoms with van der Waals surface area (Å²) in [6.07, 6.45) is 5.75. The maximum atomic E-state index is 11.0. The number of epoxide rings is 2. The fourth-order valence-electron chi connectivity index (χ4n) is 1.08. The lowest BCUT2D eigenvalue weighted by molar-refractivity contribution is -0.138. The normalized spacial score (nSPS) is 29.1. The van der Waals surface area contributed by atoms with Crippen LogP contribution in [0.15, 0.2) is 12.2 Å². The zero-order chi connectivity index (χ0) is 9.80. The first-order valence-electron chi connectivity index (χ1n) is 4.91. The van der Waals surface area contributed by atoms with Gasteiger partial charge in [0.1, 0.15) is 12.7 Å². The zero-order valence-electron chi connectivity index (χ0n) is 7.98. The van der Waals surface area contributed by atoms with E-state index in [1.165, 1.54) is 6.08 Å². The molecule has 0 aliphatic carbocycles. The lowest BCUT2D eigenvalue weighted by atomic mass is 10.2. The third-order valence-corrected chi connectivity index (χ3v) is 2.13. The Morgan fingerprint density at radius 1 is 1.36 bits per heavy atom. The predicted molar refractivity (Wildman–Crippen MR) is 48.8 cm³/mol. The molecule has 2 fully saturated rings. The smallest absolute Gasteiger partial charge is 0.330 e. The van der Waals surface area contributed by atoms with Crippen LogP contribution in [0.2, 0.25) is 0 Å². The van der Waals surface area contributed by atoms with Crippen LogP contribution in [0.1, 0.15) is 12.8 Å². The number of allylic oxidation sites excluding steroid dienone is 1. The molecule has 2 rings (SSSR count). The Labute approximate surface area is 82.8 Å². The number of ether oxygens (including phenoxy) is 3. The first kappa shape index (κ1) is 9.68. The molecule has 2 aliphatic heterocycles. The van der Waals surface area contributed by atoms with Crippen molar-refractivity contribution < 1.29 is 19.0 Å². The van der Waals surface area contributed by atoms with E-state index in [2.05, 4.69) is 0 Å². The monoisotopic (exact) mass is 198 g/mol. The summed E-state index contributed by atoms with van der Waals surface area (Å²) in [6, 6.07) is 0. The lowest BCUT2D eigenvalue weighted by Crippen LogP contribution is -2.06. The molecule has 0 radical (unpaired) electrons. The Hall–Kier alpha value is -0.870. The molecule has 0 N–H and O–H groups in total. The molecule has 4 heteroatoms. The summed E-state index contributed by atoms with van der Waals surface area (Å²) >= 11 is 0. The number of rotatable bonds is 6. The molecular weight excluding hydrogens is 184 g/mol. The van der Waals surface area contributed by atoms with Crippen LogP contribution in [0.4, 0.5) is 0 Å². The highest BCUT2D eigenvalue weighted by atomic mass is 16.6. The largest absolute Gasteiger partial charge is 0.460 e. The van der Waals surface area contributed by atoms with Gasteiger partial charge in [0.05, 0.1) is 19.3 Å². The number of esters is 1. The molecule has 4 nitrogen and oxygen atoms in total. The van der Waals surface area contributed by atoms with Crippen LogP contribution in [-0.2, 0) is 19.0 Å². The van der Waals surface area contributed by atoms with E-state index in [0.717, 1.165) is 26.1 Å². The van der Waals surface area contributed by atoms with E-state index in [0.29, 0.717) is 12.7 Å². The van der Waals surface area contributed by atoms with Crippen molar-refractivity contribution in [2.75, 3.05) is 19.8 Å². The van der Waals surface area contributed by atoms with Gasteiger partial charge in [0, 0.05) is 6.08 Å². The summed E-state index contributed by atoms with van der Waals surface area (Å²) in [5.41, 5.74) is 0. The molecule has 0 aromatic heterocycles. The predicted octanol–water partition coefficient (Wildman–Crippen LogP) is 0.664. The van der Waals surface area contributed by atoms with Crippen molar-refractivity contribution >= 4 is 5.97 Å². The molecule has 78 valence electrons. The van der Waals surface area contributed by atoms with Gasteiger partial charge in [0.2, 0.25) is 0 Å². The molecule has 2 heterocycles. The van der Waals surface area contributed by atoms with Crippen molar-refractivity contribution in [3.05, 3.63) is 12.2 Å². The Balaban J connectivity index is 1.50. The standard InChI is InChI=1S/C10H14O4/c11-10(14-7-9-6-13-9)4-2-1-3-8-5-12-8/h2,4,8-9H,1,3,5-7H2. The van der Waals surface area contributed by atoms with Crippen molar-refractivity contribution in [3.63, 3.8) is 0 Å². The van der Waals surface area contributed by atoms with Gasteiger partial charge in [-0.1, -0.05) is 6.08 Å². The van der Waals surface area contributed by atoms with Crippen LogP contribution < -0.4 is 0 Å². The van der Waals surface area contributed by atoms with Crippen LogP contribution in [0.25, 0.3) is 0 Å². The van der Waals surface area contributed by atoms with Gasteiger partial charge in [0.15, 0.2) is 0 Å². The highest BCUT2D eigenvalue weighted by Gasteiger charge is 2.23. The number of carbonyl (C=O) groups is 1. The maximum Gasteiger partial charge on any atom is 0.330 e. The van der Waals surface area contributed by atoms with Crippen LogP contribution >= 0.6 is 0 Å². The third-order valence-electron chi connectivity index (χ3n) is 2.13. The fraction of sp³-hybridized carbons (Fsp3) is 0.700. The molecule has 0 saturated carbocycles. The van der Waals surface area contributed by atoms with E-state index >= 15 is 0 Å². The van der Waals surface area contributed by atoms with Gasteiger partial charge in [-0.3, -0.25) is 0 Å². The summed E-state index contributed by atoms with van der Waals surface area (Å²) < 4.78 is 14.8. The molecule has 2 aliphatic rings. The zero-order valence-corrected chi connectivity index (χ0v) is 7.98. The molecule has 14 heavy (non-hydrogen) atoms. The molecule has 0 aromatic rings.